The number of rotatable bonds is 8. The Morgan fingerprint density at radius 2 is 1.84 bits per heavy atom. The van der Waals surface area contributed by atoms with Crippen LogP contribution in [0.5, 0.6) is 5.75 Å². The van der Waals surface area contributed by atoms with Gasteiger partial charge in [0.05, 0.1) is 7.11 Å². The van der Waals surface area contributed by atoms with E-state index >= 15 is 0 Å². The fourth-order valence-electron chi connectivity index (χ4n) is 2.55. The van der Waals surface area contributed by atoms with Crippen LogP contribution in [-0.2, 0) is 9.59 Å². The lowest BCUT2D eigenvalue weighted by Crippen LogP contribution is -2.40. The van der Waals surface area contributed by atoms with E-state index in [-0.39, 0.29) is 11.8 Å². The van der Waals surface area contributed by atoms with Crippen molar-refractivity contribution in [1.29, 1.82) is 0 Å². The van der Waals surface area contributed by atoms with E-state index in [9.17, 15) is 9.59 Å². The zero-order valence-corrected chi connectivity index (χ0v) is 19.0. The van der Waals surface area contributed by atoms with Crippen LogP contribution < -0.4 is 15.4 Å². The maximum atomic E-state index is 12.4. The molecule has 1 atom stereocenters. The Balaban J connectivity index is 1.48. The van der Waals surface area contributed by atoms with Gasteiger partial charge in [-0.2, -0.15) is 0 Å². The van der Waals surface area contributed by atoms with Gasteiger partial charge < -0.3 is 15.4 Å². The number of carbonyl (C=O) groups excluding carboxylic acids is 2. The Labute approximate surface area is 189 Å². The van der Waals surface area contributed by atoms with Crippen LogP contribution in [0, 0.1) is 6.92 Å². The molecule has 1 unspecified atom stereocenters. The van der Waals surface area contributed by atoms with Crippen LogP contribution >= 0.6 is 23.1 Å². The summed E-state index contributed by atoms with van der Waals surface area (Å²) in [6, 6.07) is 14.2. The smallest absolute Gasteiger partial charge is 0.246 e. The van der Waals surface area contributed by atoms with Gasteiger partial charge in [-0.05, 0) is 61.9 Å². The molecule has 3 aromatic rings. The van der Waals surface area contributed by atoms with Gasteiger partial charge >= 0.3 is 0 Å². The number of ether oxygens (including phenoxy) is 1. The molecule has 0 aliphatic rings. The van der Waals surface area contributed by atoms with Crippen molar-refractivity contribution in [2.24, 2.45) is 0 Å². The molecular weight excluding hydrogens is 430 g/mol. The second kappa shape index (κ2) is 10.8. The summed E-state index contributed by atoms with van der Waals surface area (Å²) in [5.74, 6) is 0.114. The molecule has 1 heterocycles. The number of aromatic nitrogens is 1. The Hall–Kier alpha value is -3.10. The number of anilines is 1. The van der Waals surface area contributed by atoms with E-state index in [0.29, 0.717) is 5.69 Å². The highest BCUT2D eigenvalue weighted by Crippen LogP contribution is 2.30. The van der Waals surface area contributed by atoms with E-state index in [1.54, 1.807) is 43.2 Å². The van der Waals surface area contributed by atoms with Crippen molar-refractivity contribution in [3.8, 4) is 5.75 Å². The molecule has 2 amide bonds. The fraction of sp³-hybridized carbons (Fsp3) is 0.174. The van der Waals surface area contributed by atoms with Crippen LogP contribution in [0.2, 0.25) is 0 Å². The number of carbonyl (C=O) groups is 2. The number of nitrogens with zero attached hydrogens (tertiary/aromatic N) is 1. The third-order valence-electron chi connectivity index (χ3n) is 4.22. The second-order valence-electron chi connectivity index (χ2n) is 6.71. The van der Waals surface area contributed by atoms with Crippen LogP contribution in [0.15, 0.2) is 69.2 Å². The molecule has 8 heteroatoms. The topological polar surface area (TPSA) is 80.3 Å². The van der Waals surface area contributed by atoms with E-state index in [1.165, 1.54) is 6.08 Å². The lowest BCUT2D eigenvalue weighted by Gasteiger charge is -2.13. The number of methoxy groups -OCH3 is 1. The summed E-state index contributed by atoms with van der Waals surface area (Å²) in [4.78, 5) is 30.0. The maximum Gasteiger partial charge on any atom is 0.246 e. The van der Waals surface area contributed by atoms with Crippen molar-refractivity contribution >= 4 is 46.7 Å². The average Bonchev–Trinajstić information content (AvgIpc) is 3.18. The quantitative estimate of drug-likeness (QED) is 0.481. The molecule has 160 valence electrons. The van der Waals surface area contributed by atoms with E-state index in [0.717, 1.165) is 26.2 Å². The number of amides is 2. The molecule has 0 aliphatic heterocycles. The third kappa shape index (κ3) is 6.97. The van der Waals surface area contributed by atoms with Gasteiger partial charge in [0.15, 0.2) is 4.34 Å². The molecule has 6 nitrogen and oxygen atoms in total. The highest BCUT2D eigenvalue weighted by atomic mass is 32.2. The predicted molar refractivity (Wildman–Crippen MR) is 126 cm³/mol. The van der Waals surface area contributed by atoms with E-state index < -0.39 is 6.04 Å². The molecule has 2 N–H and O–H groups in total. The minimum absolute atomic E-state index is 0.290. The van der Waals surface area contributed by atoms with Crippen molar-refractivity contribution in [2.75, 3.05) is 12.4 Å². The Kier molecular flexibility index (Phi) is 7.86. The predicted octanol–water partition coefficient (Wildman–Crippen LogP) is 4.77. The minimum atomic E-state index is -0.680. The molecule has 0 bridgehead atoms. The molecule has 31 heavy (non-hydrogen) atoms. The van der Waals surface area contributed by atoms with Crippen molar-refractivity contribution in [3.63, 3.8) is 0 Å². The van der Waals surface area contributed by atoms with Crippen LogP contribution in [-0.4, -0.2) is 29.9 Å². The van der Waals surface area contributed by atoms with E-state index in [1.807, 2.05) is 60.8 Å². The van der Waals surface area contributed by atoms with Gasteiger partial charge in [-0.15, -0.1) is 11.3 Å². The summed E-state index contributed by atoms with van der Waals surface area (Å²) in [5.41, 5.74) is 2.53. The first-order chi connectivity index (χ1) is 14.9. The summed E-state index contributed by atoms with van der Waals surface area (Å²) in [5, 5.41) is 7.49. The van der Waals surface area contributed by atoms with Crippen molar-refractivity contribution < 1.29 is 14.3 Å². The Bertz CT molecular complexity index is 1060. The summed E-state index contributed by atoms with van der Waals surface area (Å²) in [6.45, 7) is 3.61. The molecule has 0 aliphatic carbocycles. The minimum Gasteiger partial charge on any atom is -0.497 e. The van der Waals surface area contributed by atoms with Gasteiger partial charge in [0, 0.05) is 27.7 Å². The first kappa shape index (κ1) is 22.6. The maximum absolute atomic E-state index is 12.4. The fourth-order valence-corrected chi connectivity index (χ4v) is 4.36. The zero-order chi connectivity index (χ0) is 22.2. The number of hydrogen-bond donors (Lipinski definition) is 2. The molecule has 0 fully saturated rings. The molecule has 0 saturated heterocycles. The average molecular weight is 454 g/mol. The first-order valence-electron chi connectivity index (χ1n) is 9.56. The number of nitrogens with one attached hydrogen (secondary N) is 2. The standard InChI is InChI=1S/C23H23N3O3S2/c1-15-14-30-23(24-15)31-20-11-7-18(8-12-20)26-22(28)16(2)25-21(27)13-6-17-4-9-19(29-3)10-5-17/h4-14,16H,1-3H3,(H,25,27)(H,26,28). The number of thiazole rings is 1. The Morgan fingerprint density at radius 3 is 2.45 bits per heavy atom. The second-order valence-corrected chi connectivity index (χ2v) is 8.89. The van der Waals surface area contributed by atoms with Gasteiger partial charge in [-0.1, -0.05) is 23.9 Å². The van der Waals surface area contributed by atoms with Gasteiger partial charge in [0.2, 0.25) is 11.8 Å². The number of benzene rings is 2. The Morgan fingerprint density at radius 1 is 1.13 bits per heavy atom. The monoisotopic (exact) mass is 453 g/mol. The van der Waals surface area contributed by atoms with Crippen molar-refractivity contribution in [3.05, 3.63) is 71.2 Å². The van der Waals surface area contributed by atoms with E-state index in [4.69, 9.17) is 4.74 Å². The van der Waals surface area contributed by atoms with Gasteiger partial charge in [-0.3, -0.25) is 9.59 Å². The van der Waals surface area contributed by atoms with Gasteiger partial charge in [0.25, 0.3) is 0 Å². The molecule has 0 radical (unpaired) electrons. The van der Waals surface area contributed by atoms with Crippen molar-refractivity contribution in [2.45, 2.75) is 29.1 Å². The van der Waals surface area contributed by atoms with Crippen LogP contribution in [0.4, 0.5) is 5.69 Å². The first-order valence-corrected chi connectivity index (χ1v) is 11.3. The van der Waals surface area contributed by atoms with Gasteiger partial charge in [0.1, 0.15) is 11.8 Å². The lowest BCUT2D eigenvalue weighted by atomic mass is 10.2. The summed E-state index contributed by atoms with van der Waals surface area (Å²) >= 11 is 3.18. The largest absolute Gasteiger partial charge is 0.497 e. The molecule has 0 saturated carbocycles. The summed E-state index contributed by atoms with van der Waals surface area (Å²) in [6.07, 6.45) is 3.08. The molecule has 3 rings (SSSR count). The molecule has 0 spiro atoms. The zero-order valence-electron chi connectivity index (χ0n) is 17.4. The van der Waals surface area contributed by atoms with E-state index in [2.05, 4.69) is 15.6 Å². The normalized spacial score (nSPS) is 11.8. The van der Waals surface area contributed by atoms with Gasteiger partial charge in [-0.25, -0.2) is 4.98 Å². The van der Waals surface area contributed by atoms with Crippen molar-refractivity contribution in [1.82, 2.24) is 10.3 Å². The highest BCUT2D eigenvalue weighted by molar-refractivity contribution is 8.01. The van der Waals surface area contributed by atoms with Crippen LogP contribution in [0.1, 0.15) is 18.2 Å². The molecule has 1 aromatic heterocycles. The summed E-state index contributed by atoms with van der Waals surface area (Å²) in [7, 11) is 1.60. The lowest BCUT2D eigenvalue weighted by molar-refractivity contribution is -0.123. The molecular formula is C23H23N3O3S2. The van der Waals surface area contributed by atoms with Crippen LogP contribution in [0.25, 0.3) is 6.08 Å². The SMILES string of the molecule is COc1ccc(C=CC(=O)NC(C)C(=O)Nc2ccc(Sc3nc(C)cs3)cc2)cc1. The number of hydrogen-bond acceptors (Lipinski definition) is 6. The summed E-state index contributed by atoms with van der Waals surface area (Å²) < 4.78 is 6.09. The third-order valence-corrected chi connectivity index (χ3v) is 6.28. The highest BCUT2D eigenvalue weighted by Gasteiger charge is 2.14. The molecule has 2 aromatic carbocycles. The van der Waals surface area contributed by atoms with Crippen LogP contribution in [0.3, 0.4) is 0 Å². The number of aryl methyl sites for hydroxylation is 1.